The molecule has 0 radical (unpaired) electrons. The molecule has 2 bridgehead atoms. The molecular weight excluding hydrogens is 264 g/mol. The number of carbonyl (C=O) groups is 2. The zero-order valence-electron chi connectivity index (χ0n) is 13.5. The van der Waals surface area contributed by atoms with Crippen molar-refractivity contribution in [3.63, 3.8) is 0 Å². The Bertz CT molecular complexity index is 399. The Morgan fingerprint density at radius 3 is 2.33 bits per heavy atom. The summed E-state index contributed by atoms with van der Waals surface area (Å²) in [5.74, 6) is 1.13. The van der Waals surface area contributed by atoms with Gasteiger partial charge in [-0.1, -0.05) is 26.8 Å². The molecule has 0 aromatic heterocycles. The summed E-state index contributed by atoms with van der Waals surface area (Å²) >= 11 is 0. The molecule has 2 fully saturated rings. The Balaban J connectivity index is 1.73. The number of hydrogen-bond donors (Lipinski definition) is 0. The van der Waals surface area contributed by atoms with Gasteiger partial charge in [-0.25, -0.2) is 0 Å². The van der Waals surface area contributed by atoms with Gasteiger partial charge in [0.25, 0.3) is 0 Å². The fourth-order valence-electron chi connectivity index (χ4n) is 3.32. The first-order valence-electron chi connectivity index (χ1n) is 8.34. The van der Waals surface area contributed by atoms with E-state index in [0.717, 1.165) is 32.1 Å². The molecular formula is C18H28O3. The Morgan fingerprint density at radius 1 is 1.14 bits per heavy atom. The second-order valence-electron chi connectivity index (χ2n) is 7.10. The standard InChI is InChI=1S/C18H28O3/c1-12(2)17(19)6-4-5-13(3)9-18(20)14-10-15-7-8-16(11-14)21-15/h4,6,12-16H,5,7-11H2,1-3H3/b6-4+. The molecule has 0 aromatic carbocycles. The lowest BCUT2D eigenvalue weighted by Gasteiger charge is -2.28. The van der Waals surface area contributed by atoms with E-state index in [0.29, 0.717) is 30.3 Å². The Kier molecular flexibility index (Phi) is 5.74. The minimum absolute atomic E-state index is 0.0518. The van der Waals surface area contributed by atoms with Crippen LogP contribution in [0.3, 0.4) is 0 Å². The maximum atomic E-state index is 12.4. The molecule has 3 nitrogen and oxygen atoms in total. The highest BCUT2D eigenvalue weighted by Crippen LogP contribution is 2.37. The highest BCUT2D eigenvalue weighted by atomic mass is 16.5. The van der Waals surface area contributed by atoms with Crippen LogP contribution in [0, 0.1) is 17.8 Å². The summed E-state index contributed by atoms with van der Waals surface area (Å²) in [5.41, 5.74) is 0. The monoisotopic (exact) mass is 292 g/mol. The van der Waals surface area contributed by atoms with E-state index in [1.807, 2.05) is 19.9 Å². The normalized spacial score (nSPS) is 30.0. The van der Waals surface area contributed by atoms with Gasteiger partial charge in [0.05, 0.1) is 12.2 Å². The van der Waals surface area contributed by atoms with Gasteiger partial charge < -0.3 is 4.74 Å². The van der Waals surface area contributed by atoms with E-state index >= 15 is 0 Å². The van der Waals surface area contributed by atoms with Crippen LogP contribution in [0.25, 0.3) is 0 Å². The van der Waals surface area contributed by atoms with E-state index in [1.165, 1.54) is 0 Å². The average molecular weight is 292 g/mol. The van der Waals surface area contributed by atoms with E-state index in [4.69, 9.17) is 4.74 Å². The molecule has 2 aliphatic heterocycles. The molecule has 118 valence electrons. The number of ketones is 2. The molecule has 2 aliphatic rings. The maximum Gasteiger partial charge on any atom is 0.157 e. The lowest BCUT2D eigenvalue weighted by Crippen LogP contribution is -2.30. The largest absolute Gasteiger partial charge is 0.375 e. The molecule has 0 amide bonds. The predicted octanol–water partition coefficient (Wildman–Crippen LogP) is 3.71. The SMILES string of the molecule is CC(C/C=C/C(=O)C(C)C)CC(=O)C1CC2CCC(C1)O2. The molecule has 0 N–H and O–H groups in total. The predicted molar refractivity (Wildman–Crippen MR) is 83.0 cm³/mol. The van der Waals surface area contributed by atoms with Gasteiger partial charge in [0, 0.05) is 18.3 Å². The second kappa shape index (κ2) is 7.35. The molecule has 2 saturated heterocycles. The molecule has 21 heavy (non-hydrogen) atoms. The quantitative estimate of drug-likeness (QED) is 0.672. The summed E-state index contributed by atoms with van der Waals surface area (Å²) in [4.78, 5) is 23.9. The van der Waals surface area contributed by atoms with Gasteiger partial charge in [-0.2, -0.15) is 0 Å². The van der Waals surface area contributed by atoms with Crippen molar-refractivity contribution >= 4 is 11.6 Å². The third kappa shape index (κ3) is 4.77. The van der Waals surface area contributed by atoms with Gasteiger partial charge >= 0.3 is 0 Å². The third-order valence-corrected chi connectivity index (χ3v) is 4.68. The fraction of sp³-hybridized carbons (Fsp3) is 0.778. The first-order chi connectivity index (χ1) is 9.95. The lowest BCUT2D eigenvalue weighted by atomic mass is 9.86. The molecule has 0 spiro atoms. The second-order valence-corrected chi connectivity index (χ2v) is 7.10. The van der Waals surface area contributed by atoms with Crippen molar-refractivity contribution in [1.29, 1.82) is 0 Å². The highest BCUT2D eigenvalue weighted by molar-refractivity contribution is 5.91. The lowest BCUT2D eigenvalue weighted by molar-refractivity contribution is -0.129. The van der Waals surface area contributed by atoms with E-state index < -0.39 is 0 Å². The molecule has 0 saturated carbocycles. The van der Waals surface area contributed by atoms with Crippen LogP contribution in [-0.4, -0.2) is 23.8 Å². The van der Waals surface area contributed by atoms with E-state index in [2.05, 4.69) is 6.92 Å². The Hall–Kier alpha value is -0.960. The van der Waals surface area contributed by atoms with E-state index in [9.17, 15) is 9.59 Å². The first kappa shape index (κ1) is 16.4. The van der Waals surface area contributed by atoms with Gasteiger partial charge in [0.15, 0.2) is 5.78 Å². The zero-order chi connectivity index (χ0) is 15.4. The topological polar surface area (TPSA) is 43.4 Å². The van der Waals surface area contributed by atoms with Crippen molar-refractivity contribution in [1.82, 2.24) is 0 Å². The molecule has 2 heterocycles. The van der Waals surface area contributed by atoms with Gasteiger partial charge in [-0.3, -0.25) is 9.59 Å². The van der Waals surface area contributed by atoms with Crippen LogP contribution in [0.5, 0.6) is 0 Å². The molecule has 3 heteroatoms. The van der Waals surface area contributed by atoms with Crippen LogP contribution in [0.2, 0.25) is 0 Å². The van der Waals surface area contributed by atoms with Crippen molar-refractivity contribution < 1.29 is 14.3 Å². The molecule has 3 unspecified atom stereocenters. The minimum Gasteiger partial charge on any atom is -0.375 e. The van der Waals surface area contributed by atoms with Crippen molar-refractivity contribution in [3.8, 4) is 0 Å². The van der Waals surface area contributed by atoms with Gasteiger partial charge in [-0.15, -0.1) is 0 Å². The number of rotatable bonds is 7. The summed E-state index contributed by atoms with van der Waals surface area (Å²) in [6.45, 7) is 5.90. The third-order valence-electron chi connectivity index (χ3n) is 4.68. The van der Waals surface area contributed by atoms with Crippen molar-refractivity contribution in [2.24, 2.45) is 17.8 Å². The van der Waals surface area contributed by atoms with E-state index in [-0.39, 0.29) is 17.6 Å². The van der Waals surface area contributed by atoms with Gasteiger partial charge in [0.2, 0.25) is 0 Å². The molecule has 0 aromatic rings. The van der Waals surface area contributed by atoms with Crippen LogP contribution in [0.4, 0.5) is 0 Å². The summed E-state index contributed by atoms with van der Waals surface area (Å²) in [7, 11) is 0. The van der Waals surface area contributed by atoms with Crippen LogP contribution in [-0.2, 0) is 14.3 Å². The number of carbonyl (C=O) groups excluding carboxylic acids is 2. The minimum atomic E-state index is 0.0518. The summed E-state index contributed by atoms with van der Waals surface area (Å²) < 4.78 is 5.80. The summed E-state index contributed by atoms with van der Waals surface area (Å²) in [6, 6.07) is 0. The van der Waals surface area contributed by atoms with Crippen molar-refractivity contribution in [3.05, 3.63) is 12.2 Å². The number of Topliss-reactive ketones (excluding diaryl/α,β-unsaturated/α-hetero) is 1. The zero-order valence-corrected chi connectivity index (χ0v) is 13.5. The maximum absolute atomic E-state index is 12.4. The average Bonchev–Trinajstić information content (AvgIpc) is 2.76. The van der Waals surface area contributed by atoms with Crippen LogP contribution < -0.4 is 0 Å². The van der Waals surface area contributed by atoms with Crippen molar-refractivity contribution in [2.75, 3.05) is 0 Å². The fourth-order valence-corrected chi connectivity index (χ4v) is 3.32. The summed E-state index contributed by atoms with van der Waals surface area (Å²) in [6.07, 6.45) is 9.79. The van der Waals surface area contributed by atoms with Gasteiger partial charge in [-0.05, 0) is 44.1 Å². The Labute approximate surface area is 128 Å². The number of hydrogen-bond acceptors (Lipinski definition) is 3. The number of fused-ring (bicyclic) bond motifs is 2. The van der Waals surface area contributed by atoms with Crippen LogP contribution in [0.15, 0.2) is 12.2 Å². The van der Waals surface area contributed by atoms with Crippen molar-refractivity contribution in [2.45, 2.75) is 71.5 Å². The van der Waals surface area contributed by atoms with Gasteiger partial charge in [0.1, 0.15) is 5.78 Å². The number of ether oxygens (including phenoxy) is 1. The Morgan fingerprint density at radius 2 is 1.76 bits per heavy atom. The summed E-state index contributed by atoms with van der Waals surface area (Å²) in [5, 5.41) is 0. The molecule has 3 atom stereocenters. The molecule has 0 aliphatic carbocycles. The highest BCUT2D eigenvalue weighted by Gasteiger charge is 2.37. The van der Waals surface area contributed by atoms with Crippen LogP contribution in [0.1, 0.15) is 59.3 Å². The smallest absolute Gasteiger partial charge is 0.157 e. The van der Waals surface area contributed by atoms with Crippen LogP contribution >= 0.6 is 0 Å². The van der Waals surface area contributed by atoms with E-state index in [1.54, 1.807) is 6.08 Å². The first-order valence-corrected chi connectivity index (χ1v) is 8.34. The number of allylic oxidation sites excluding steroid dienone is 2. The molecule has 2 rings (SSSR count).